The number of benzene rings is 2. The van der Waals surface area contributed by atoms with E-state index in [-0.39, 0.29) is 12.3 Å². The molecule has 0 aliphatic carbocycles. The van der Waals surface area contributed by atoms with Gasteiger partial charge in [-0.2, -0.15) is 0 Å². The minimum atomic E-state index is -0.419. The summed E-state index contributed by atoms with van der Waals surface area (Å²) >= 11 is 0. The summed E-state index contributed by atoms with van der Waals surface area (Å²) in [6, 6.07) is 16.3. The standard InChI is InChI=1S/C18H19NO3/c1-2-12-22-18(21)15-10-6-7-11-16(15)19-17(20)13-14-8-4-3-5-9-14/h3-11H,2,12-13H2,1H3,(H,19,20). The van der Waals surface area contributed by atoms with Gasteiger partial charge in [0.25, 0.3) is 0 Å². The van der Waals surface area contributed by atoms with Crippen LogP contribution in [-0.2, 0) is 16.0 Å². The van der Waals surface area contributed by atoms with Crippen molar-refractivity contribution < 1.29 is 14.3 Å². The molecule has 0 heterocycles. The maximum atomic E-state index is 12.1. The largest absolute Gasteiger partial charge is 0.462 e. The Hall–Kier alpha value is -2.62. The maximum absolute atomic E-state index is 12.1. The average Bonchev–Trinajstić information content (AvgIpc) is 2.54. The van der Waals surface area contributed by atoms with E-state index in [1.165, 1.54) is 0 Å². The second-order valence-electron chi connectivity index (χ2n) is 4.89. The van der Waals surface area contributed by atoms with Crippen LogP contribution in [0.2, 0.25) is 0 Å². The molecule has 1 N–H and O–H groups in total. The summed E-state index contributed by atoms with van der Waals surface area (Å²) in [5.74, 6) is -0.584. The zero-order valence-corrected chi connectivity index (χ0v) is 12.5. The molecule has 0 bridgehead atoms. The summed E-state index contributed by atoms with van der Waals surface area (Å²) in [5, 5.41) is 2.78. The van der Waals surface area contributed by atoms with Gasteiger partial charge in [0.2, 0.25) is 5.91 Å². The van der Waals surface area contributed by atoms with Crippen LogP contribution in [0.15, 0.2) is 54.6 Å². The molecule has 0 atom stereocenters. The van der Waals surface area contributed by atoms with Gasteiger partial charge in [0, 0.05) is 0 Å². The third-order valence-corrected chi connectivity index (χ3v) is 3.07. The Bertz CT molecular complexity index is 638. The Kier molecular flexibility index (Phi) is 5.72. The molecule has 1 amide bonds. The van der Waals surface area contributed by atoms with Crippen molar-refractivity contribution in [3.8, 4) is 0 Å². The third kappa shape index (κ3) is 4.45. The molecule has 2 aromatic carbocycles. The summed E-state index contributed by atoms with van der Waals surface area (Å²) in [6.45, 7) is 2.30. The van der Waals surface area contributed by atoms with E-state index in [1.807, 2.05) is 37.3 Å². The first-order valence-electron chi connectivity index (χ1n) is 7.30. The quantitative estimate of drug-likeness (QED) is 0.831. The number of anilines is 1. The highest BCUT2D eigenvalue weighted by Gasteiger charge is 2.14. The van der Waals surface area contributed by atoms with Gasteiger partial charge in [0.05, 0.1) is 24.3 Å². The van der Waals surface area contributed by atoms with Crippen molar-refractivity contribution >= 4 is 17.6 Å². The van der Waals surface area contributed by atoms with Gasteiger partial charge in [-0.1, -0.05) is 49.4 Å². The van der Waals surface area contributed by atoms with Crippen LogP contribution in [0.4, 0.5) is 5.69 Å². The maximum Gasteiger partial charge on any atom is 0.340 e. The second-order valence-corrected chi connectivity index (χ2v) is 4.89. The van der Waals surface area contributed by atoms with Crippen LogP contribution in [0.5, 0.6) is 0 Å². The molecule has 22 heavy (non-hydrogen) atoms. The van der Waals surface area contributed by atoms with E-state index >= 15 is 0 Å². The van der Waals surface area contributed by atoms with Crippen LogP contribution in [0.1, 0.15) is 29.3 Å². The Labute approximate surface area is 130 Å². The Morgan fingerprint density at radius 2 is 1.68 bits per heavy atom. The van der Waals surface area contributed by atoms with E-state index in [1.54, 1.807) is 24.3 Å². The molecule has 0 spiro atoms. The SMILES string of the molecule is CCCOC(=O)c1ccccc1NC(=O)Cc1ccccc1. The highest BCUT2D eigenvalue weighted by molar-refractivity contribution is 6.01. The van der Waals surface area contributed by atoms with E-state index in [9.17, 15) is 9.59 Å². The van der Waals surface area contributed by atoms with Gasteiger partial charge in [0.15, 0.2) is 0 Å². The molecule has 0 saturated carbocycles. The van der Waals surface area contributed by atoms with Gasteiger partial charge in [-0.05, 0) is 24.1 Å². The van der Waals surface area contributed by atoms with Crippen molar-refractivity contribution in [1.29, 1.82) is 0 Å². The Morgan fingerprint density at radius 3 is 2.41 bits per heavy atom. The molecule has 0 unspecified atom stereocenters. The number of amides is 1. The van der Waals surface area contributed by atoms with Gasteiger partial charge in [0.1, 0.15) is 0 Å². The molecule has 4 heteroatoms. The van der Waals surface area contributed by atoms with Gasteiger partial charge < -0.3 is 10.1 Å². The highest BCUT2D eigenvalue weighted by atomic mass is 16.5. The van der Waals surface area contributed by atoms with Crippen LogP contribution in [0, 0.1) is 0 Å². The lowest BCUT2D eigenvalue weighted by Gasteiger charge is -2.10. The number of para-hydroxylation sites is 1. The fraction of sp³-hybridized carbons (Fsp3) is 0.222. The summed E-state index contributed by atoms with van der Waals surface area (Å²) in [6.07, 6.45) is 1.02. The zero-order valence-electron chi connectivity index (χ0n) is 12.5. The van der Waals surface area contributed by atoms with Gasteiger partial charge in [-0.25, -0.2) is 4.79 Å². The number of carbonyl (C=O) groups is 2. The molecule has 2 rings (SSSR count). The molecule has 0 saturated heterocycles. The number of ether oxygens (including phenoxy) is 1. The van der Waals surface area contributed by atoms with E-state index in [2.05, 4.69) is 5.32 Å². The molecular formula is C18H19NO3. The van der Waals surface area contributed by atoms with Crippen LogP contribution >= 0.6 is 0 Å². The number of hydrogen-bond donors (Lipinski definition) is 1. The van der Waals surface area contributed by atoms with Crippen molar-refractivity contribution in [2.45, 2.75) is 19.8 Å². The van der Waals surface area contributed by atoms with Gasteiger partial charge >= 0.3 is 5.97 Å². The number of rotatable bonds is 6. The van der Waals surface area contributed by atoms with Crippen LogP contribution < -0.4 is 5.32 Å². The van der Waals surface area contributed by atoms with E-state index < -0.39 is 5.97 Å². The molecule has 2 aromatic rings. The molecule has 0 fully saturated rings. The van der Waals surface area contributed by atoms with Crippen LogP contribution in [0.25, 0.3) is 0 Å². The summed E-state index contributed by atoms with van der Waals surface area (Å²) in [4.78, 5) is 24.1. The number of hydrogen-bond acceptors (Lipinski definition) is 3. The molecule has 0 aliphatic heterocycles. The molecular weight excluding hydrogens is 278 g/mol. The minimum absolute atomic E-state index is 0.165. The third-order valence-electron chi connectivity index (χ3n) is 3.07. The fourth-order valence-corrected chi connectivity index (χ4v) is 2.02. The number of nitrogens with one attached hydrogen (secondary N) is 1. The lowest BCUT2D eigenvalue weighted by atomic mass is 10.1. The van der Waals surface area contributed by atoms with E-state index in [0.29, 0.717) is 17.9 Å². The van der Waals surface area contributed by atoms with Crippen LogP contribution in [-0.4, -0.2) is 18.5 Å². The summed E-state index contributed by atoms with van der Waals surface area (Å²) < 4.78 is 5.13. The Morgan fingerprint density at radius 1 is 1.00 bits per heavy atom. The predicted octanol–water partition coefficient (Wildman–Crippen LogP) is 3.43. The first-order chi connectivity index (χ1) is 10.7. The van der Waals surface area contributed by atoms with E-state index in [0.717, 1.165) is 12.0 Å². The summed E-state index contributed by atoms with van der Waals surface area (Å²) in [5.41, 5.74) is 1.77. The average molecular weight is 297 g/mol. The van der Waals surface area contributed by atoms with E-state index in [4.69, 9.17) is 4.74 Å². The smallest absolute Gasteiger partial charge is 0.340 e. The molecule has 0 radical (unpaired) electrons. The normalized spacial score (nSPS) is 10.0. The molecule has 0 aromatic heterocycles. The van der Waals surface area contributed by atoms with Crippen molar-refractivity contribution in [2.75, 3.05) is 11.9 Å². The highest BCUT2D eigenvalue weighted by Crippen LogP contribution is 2.17. The van der Waals surface area contributed by atoms with Gasteiger partial charge in [-0.3, -0.25) is 4.79 Å². The summed E-state index contributed by atoms with van der Waals surface area (Å²) in [7, 11) is 0. The van der Waals surface area contributed by atoms with Crippen LogP contribution in [0.3, 0.4) is 0 Å². The number of carbonyl (C=O) groups excluding carboxylic acids is 2. The van der Waals surface area contributed by atoms with Crippen molar-refractivity contribution in [3.05, 3.63) is 65.7 Å². The molecule has 114 valence electrons. The number of esters is 1. The lowest BCUT2D eigenvalue weighted by Crippen LogP contribution is -2.17. The van der Waals surface area contributed by atoms with Crippen molar-refractivity contribution in [1.82, 2.24) is 0 Å². The molecule has 0 aliphatic rings. The predicted molar refractivity (Wildman–Crippen MR) is 85.8 cm³/mol. The topological polar surface area (TPSA) is 55.4 Å². The van der Waals surface area contributed by atoms with Crippen molar-refractivity contribution in [2.24, 2.45) is 0 Å². The minimum Gasteiger partial charge on any atom is -0.462 e. The zero-order chi connectivity index (χ0) is 15.8. The first-order valence-corrected chi connectivity index (χ1v) is 7.30. The first kappa shape index (κ1) is 15.8. The monoisotopic (exact) mass is 297 g/mol. The lowest BCUT2D eigenvalue weighted by molar-refractivity contribution is -0.115. The van der Waals surface area contributed by atoms with Gasteiger partial charge in [-0.15, -0.1) is 0 Å². The van der Waals surface area contributed by atoms with Crippen molar-refractivity contribution in [3.63, 3.8) is 0 Å². The Balaban J connectivity index is 2.06. The fourth-order valence-electron chi connectivity index (χ4n) is 2.02. The molecule has 4 nitrogen and oxygen atoms in total. The second kappa shape index (κ2) is 7.98.